The smallest absolute Gasteiger partial charge is 0.281 e. The molecule has 0 atom stereocenters. The predicted molar refractivity (Wildman–Crippen MR) is 138 cm³/mol. The highest BCUT2D eigenvalue weighted by Crippen LogP contribution is 2.34. The van der Waals surface area contributed by atoms with Crippen molar-refractivity contribution in [2.24, 2.45) is 11.3 Å². The molecule has 9 nitrogen and oxygen atoms in total. The van der Waals surface area contributed by atoms with Crippen molar-refractivity contribution in [1.82, 2.24) is 19.9 Å². The molecular formula is C26H32FN5O4S. The third-order valence-electron chi connectivity index (χ3n) is 6.06. The number of carbonyl (C=O) groups is 1. The standard InChI is InChI=1S/C26H32FN5O4S/c1-17(2)15-36-20-13-18(12-19(27)14-20)22-7-6-21(24(29-22)32-11-5-9-26(3,4)16-32)25(33)31-37(34,35)23-8-10-28-30-23/h6-8,10,12-14,17H,5,9,11,15-16H2,1-4H3,(H,28,30)(H,31,33). The molecule has 0 spiro atoms. The molecule has 0 aliphatic carbocycles. The first-order chi connectivity index (χ1) is 17.4. The third kappa shape index (κ3) is 6.46. The third-order valence-corrected chi connectivity index (χ3v) is 7.32. The highest BCUT2D eigenvalue weighted by molar-refractivity contribution is 7.90. The Morgan fingerprint density at radius 2 is 2.03 bits per heavy atom. The van der Waals surface area contributed by atoms with Crippen LogP contribution in [-0.4, -0.2) is 49.2 Å². The zero-order valence-electron chi connectivity index (χ0n) is 21.4. The van der Waals surface area contributed by atoms with Gasteiger partial charge in [-0.3, -0.25) is 9.89 Å². The van der Waals surface area contributed by atoms with E-state index in [-0.39, 0.29) is 21.9 Å². The van der Waals surface area contributed by atoms with Gasteiger partial charge in [0.05, 0.1) is 24.1 Å². The highest BCUT2D eigenvalue weighted by atomic mass is 32.2. The second-order valence-electron chi connectivity index (χ2n) is 10.5. The zero-order chi connectivity index (χ0) is 26.8. The van der Waals surface area contributed by atoms with Crippen molar-refractivity contribution in [1.29, 1.82) is 0 Å². The molecule has 198 valence electrons. The molecule has 0 unspecified atom stereocenters. The van der Waals surface area contributed by atoms with Gasteiger partial charge in [-0.1, -0.05) is 27.7 Å². The van der Waals surface area contributed by atoms with Crippen LogP contribution in [0.1, 0.15) is 50.9 Å². The Balaban J connectivity index is 1.73. The van der Waals surface area contributed by atoms with Gasteiger partial charge >= 0.3 is 0 Å². The van der Waals surface area contributed by atoms with Crippen LogP contribution in [0.5, 0.6) is 5.75 Å². The van der Waals surface area contributed by atoms with E-state index in [1.165, 1.54) is 30.5 Å². The largest absolute Gasteiger partial charge is 0.493 e. The number of anilines is 1. The lowest BCUT2D eigenvalue weighted by molar-refractivity contribution is 0.0981. The van der Waals surface area contributed by atoms with E-state index in [1.807, 2.05) is 18.7 Å². The molecule has 4 rings (SSSR count). The summed E-state index contributed by atoms with van der Waals surface area (Å²) in [6.45, 7) is 10.00. The van der Waals surface area contributed by atoms with E-state index in [0.717, 1.165) is 12.8 Å². The molecule has 2 aromatic heterocycles. The summed E-state index contributed by atoms with van der Waals surface area (Å²) in [6.07, 6.45) is 3.19. The van der Waals surface area contributed by atoms with E-state index in [9.17, 15) is 17.6 Å². The lowest BCUT2D eigenvalue weighted by Crippen LogP contribution is -2.42. The number of aromatic nitrogens is 3. The van der Waals surface area contributed by atoms with Crippen LogP contribution >= 0.6 is 0 Å². The number of halogens is 1. The summed E-state index contributed by atoms with van der Waals surface area (Å²) in [5.74, 6) is -0.275. The molecule has 1 fully saturated rings. The van der Waals surface area contributed by atoms with Crippen LogP contribution in [-0.2, 0) is 10.0 Å². The maximum absolute atomic E-state index is 14.5. The number of ether oxygens (including phenoxy) is 1. The van der Waals surface area contributed by atoms with Crippen LogP contribution in [0, 0.1) is 17.2 Å². The minimum Gasteiger partial charge on any atom is -0.493 e. The first-order valence-electron chi connectivity index (χ1n) is 12.2. The summed E-state index contributed by atoms with van der Waals surface area (Å²) < 4.78 is 47.6. The second-order valence-corrected chi connectivity index (χ2v) is 12.1. The van der Waals surface area contributed by atoms with Crippen molar-refractivity contribution in [3.05, 3.63) is 54.0 Å². The maximum atomic E-state index is 14.5. The van der Waals surface area contributed by atoms with Gasteiger partial charge in [-0.05, 0) is 54.5 Å². The molecule has 1 amide bonds. The normalized spacial score (nSPS) is 15.6. The molecule has 3 aromatic rings. The topological polar surface area (TPSA) is 117 Å². The molecule has 0 saturated carbocycles. The van der Waals surface area contributed by atoms with Crippen molar-refractivity contribution in [3.63, 3.8) is 0 Å². The van der Waals surface area contributed by atoms with E-state index in [4.69, 9.17) is 9.72 Å². The van der Waals surface area contributed by atoms with Crippen LogP contribution in [0.25, 0.3) is 11.3 Å². The Bertz CT molecular complexity index is 1370. The van der Waals surface area contributed by atoms with Gasteiger partial charge in [0.15, 0.2) is 5.03 Å². The fraction of sp³-hybridized carbons (Fsp3) is 0.423. The van der Waals surface area contributed by atoms with Crippen LogP contribution in [0.15, 0.2) is 47.6 Å². The van der Waals surface area contributed by atoms with Crippen molar-refractivity contribution >= 4 is 21.7 Å². The molecule has 1 saturated heterocycles. The van der Waals surface area contributed by atoms with Crippen molar-refractivity contribution in [2.45, 2.75) is 45.6 Å². The lowest BCUT2D eigenvalue weighted by atomic mass is 9.84. The van der Waals surface area contributed by atoms with Crippen LogP contribution in [0.2, 0.25) is 0 Å². The van der Waals surface area contributed by atoms with Crippen molar-refractivity contribution in [3.8, 4) is 17.0 Å². The van der Waals surface area contributed by atoms with Crippen molar-refractivity contribution in [2.75, 3.05) is 24.6 Å². The summed E-state index contributed by atoms with van der Waals surface area (Å²) in [6, 6.07) is 8.75. The molecule has 0 radical (unpaired) electrons. The van der Waals surface area contributed by atoms with Gasteiger partial charge in [-0.25, -0.2) is 14.1 Å². The lowest BCUT2D eigenvalue weighted by Gasteiger charge is -2.39. The van der Waals surface area contributed by atoms with Crippen LogP contribution in [0.3, 0.4) is 0 Å². The number of sulfonamides is 1. The molecule has 1 aliphatic heterocycles. The van der Waals surface area contributed by atoms with Gasteiger partial charge in [-0.15, -0.1) is 0 Å². The number of piperidine rings is 1. The van der Waals surface area contributed by atoms with Crippen LogP contribution in [0.4, 0.5) is 10.2 Å². The Hall–Kier alpha value is -3.47. The number of H-pyrrole nitrogens is 1. The summed E-state index contributed by atoms with van der Waals surface area (Å²) in [7, 11) is -4.15. The fourth-order valence-corrected chi connectivity index (χ4v) is 5.19. The first-order valence-corrected chi connectivity index (χ1v) is 13.7. The monoisotopic (exact) mass is 529 g/mol. The highest BCUT2D eigenvalue weighted by Gasteiger charge is 2.31. The van der Waals surface area contributed by atoms with Gasteiger partial charge in [0.25, 0.3) is 15.9 Å². The van der Waals surface area contributed by atoms with E-state index >= 15 is 0 Å². The molecule has 1 aliphatic rings. The van der Waals surface area contributed by atoms with Gasteiger partial charge in [-0.2, -0.15) is 13.5 Å². The zero-order valence-corrected chi connectivity index (χ0v) is 22.2. The average Bonchev–Trinajstić information content (AvgIpc) is 3.37. The molecule has 37 heavy (non-hydrogen) atoms. The Labute approximate surface area is 216 Å². The molecule has 11 heteroatoms. The quantitative estimate of drug-likeness (QED) is 0.444. The van der Waals surface area contributed by atoms with E-state index in [2.05, 4.69) is 28.8 Å². The number of nitrogens with zero attached hydrogens (tertiary/aromatic N) is 3. The number of benzene rings is 1. The first kappa shape index (κ1) is 26.6. The number of aromatic amines is 1. The number of rotatable bonds is 8. The van der Waals surface area contributed by atoms with Crippen molar-refractivity contribution < 1.29 is 22.3 Å². The SMILES string of the molecule is CC(C)COc1cc(F)cc(-c2ccc(C(=O)NS(=O)(=O)c3ccn[nH]3)c(N3CCCC(C)(C)C3)n2)c1. The summed E-state index contributed by atoms with van der Waals surface area (Å²) >= 11 is 0. The number of hydrogen-bond donors (Lipinski definition) is 2. The summed E-state index contributed by atoms with van der Waals surface area (Å²) in [5, 5.41) is 5.77. The molecule has 3 heterocycles. The molecule has 1 aromatic carbocycles. The van der Waals surface area contributed by atoms with Gasteiger partial charge in [0.1, 0.15) is 17.4 Å². The summed E-state index contributed by atoms with van der Waals surface area (Å²) in [4.78, 5) is 20.0. The Morgan fingerprint density at radius 3 is 2.70 bits per heavy atom. The number of hydrogen-bond acceptors (Lipinski definition) is 7. The van der Waals surface area contributed by atoms with E-state index < -0.39 is 21.7 Å². The van der Waals surface area contributed by atoms with E-state index in [0.29, 0.717) is 42.5 Å². The maximum Gasteiger partial charge on any atom is 0.281 e. The Morgan fingerprint density at radius 1 is 1.24 bits per heavy atom. The number of pyridine rings is 1. The van der Waals surface area contributed by atoms with Crippen LogP contribution < -0.4 is 14.4 Å². The minimum absolute atomic E-state index is 0.0254. The predicted octanol–water partition coefficient (Wildman–Crippen LogP) is 4.39. The minimum atomic E-state index is -4.15. The van der Waals surface area contributed by atoms with Gasteiger partial charge in [0, 0.05) is 24.7 Å². The fourth-order valence-electron chi connectivity index (χ4n) is 4.31. The summed E-state index contributed by atoms with van der Waals surface area (Å²) in [5.41, 5.74) is 1.02. The number of carbonyl (C=O) groups excluding carboxylic acids is 1. The second kappa shape index (κ2) is 10.5. The average molecular weight is 530 g/mol. The molecule has 0 bridgehead atoms. The molecule has 2 N–H and O–H groups in total. The Kier molecular flexibility index (Phi) is 7.54. The molecular weight excluding hydrogens is 497 g/mol. The van der Waals surface area contributed by atoms with E-state index in [1.54, 1.807) is 12.1 Å². The van der Waals surface area contributed by atoms with Gasteiger partial charge < -0.3 is 9.64 Å². The van der Waals surface area contributed by atoms with Gasteiger partial charge in [0.2, 0.25) is 0 Å². The number of amides is 1. The number of nitrogens with one attached hydrogen (secondary N) is 2.